The number of benzene rings is 1. The Hall–Kier alpha value is -2.20. The third-order valence-electron chi connectivity index (χ3n) is 3.77. The van der Waals surface area contributed by atoms with E-state index in [0.29, 0.717) is 25.6 Å². The summed E-state index contributed by atoms with van der Waals surface area (Å²) in [7, 11) is 0. The number of hydrazine groups is 1. The number of urea groups is 1. The molecule has 6 nitrogen and oxygen atoms in total. The van der Waals surface area contributed by atoms with Gasteiger partial charge in [0.05, 0.1) is 12.4 Å². The summed E-state index contributed by atoms with van der Waals surface area (Å²) >= 11 is 1.68. The molecule has 2 amide bonds. The maximum absolute atomic E-state index is 12.2. The van der Waals surface area contributed by atoms with Crippen LogP contribution in [-0.4, -0.2) is 42.7 Å². The molecule has 1 unspecified atom stereocenters. The number of fused-ring (bicyclic) bond motifs is 3. The van der Waals surface area contributed by atoms with E-state index < -0.39 is 0 Å². The van der Waals surface area contributed by atoms with Crippen molar-refractivity contribution in [3.8, 4) is 23.3 Å². The van der Waals surface area contributed by atoms with Gasteiger partial charge in [0.15, 0.2) is 11.5 Å². The lowest BCUT2D eigenvalue weighted by molar-refractivity contribution is 0.169. The molecule has 114 valence electrons. The Bertz CT molecular complexity index is 697. The summed E-state index contributed by atoms with van der Waals surface area (Å²) in [5.74, 6) is 8.09. The van der Waals surface area contributed by atoms with Gasteiger partial charge in [-0.15, -0.1) is 5.92 Å². The fourth-order valence-corrected chi connectivity index (χ4v) is 3.87. The van der Waals surface area contributed by atoms with Crippen molar-refractivity contribution < 1.29 is 14.3 Å². The van der Waals surface area contributed by atoms with Crippen LogP contribution in [0.2, 0.25) is 0 Å². The second-order valence-corrected chi connectivity index (χ2v) is 6.04. The van der Waals surface area contributed by atoms with Crippen LogP contribution in [0.1, 0.15) is 6.92 Å². The van der Waals surface area contributed by atoms with Crippen molar-refractivity contribution in [2.45, 2.75) is 17.9 Å². The number of anilines is 1. The largest absolute Gasteiger partial charge is 0.486 e. The first kappa shape index (κ1) is 13.5. The van der Waals surface area contributed by atoms with E-state index in [2.05, 4.69) is 17.2 Å². The van der Waals surface area contributed by atoms with Crippen molar-refractivity contribution in [3.05, 3.63) is 12.1 Å². The molecule has 0 bridgehead atoms. The molecule has 3 aliphatic rings. The van der Waals surface area contributed by atoms with Gasteiger partial charge in [0, 0.05) is 4.90 Å². The predicted molar refractivity (Wildman–Crippen MR) is 83.1 cm³/mol. The number of thioether (sulfide) groups is 1. The van der Waals surface area contributed by atoms with Crippen LogP contribution in [0.15, 0.2) is 17.0 Å². The fourth-order valence-electron chi connectivity index (χ4n) is 2.86. The molecule has 3 heterocycles. The second kappa shape index (κ2) is 5.21. The number of amides is 2. The quantitative estimate of drug-likeness (QED) is 0.799. The summed E-state index contributed by atoms with van der Waals surface area (Å²) in [6.07, 6.45) is 0. The molecule has 0 saturated carbocycles. The number of nitrogens with zero attached hydrogens (tertiary/aromatic N) is 2. The number of hydrogen-bond donors (Lipinski definition) is 1. The maximum Gasteiger partial charge on any atom is 0.337 e. The fraction of sp³-hybridized carbons (Fsp3) is 0.400. The first-order chi connectivity index (χ1) is 10.8. The molecule has 1 saturated heterocycles. The zero-order valence-corrected chi connectivity index (χ0v) is 12.9. The first-order valence-corrected chi connectivity index (χ1v) is 8.10. The van der Waals surface area contributed by atoms with Gasteiger partial charge in [-0.05, 0) is 19.1 Å². The smallest absolute Gasteiger partial charge is 0.337 e. The summed E-state index contributed by atoms with van der Waals surface area (Å²) < 4.78 is 11.5. The molecule has 3 aliphatic heterocycles. The lowest BCUT2D eigenvalue weighted by Gasteiger charge is -2.33. The van der Waals surface area contributed by atoms with Gasteiger partial charge >= 0.3 is 6.03 Å². The van der Waals surface area contributed by atoms with Crippen LogP contribution in [0.3, 0.4) is 0 Å². The Kier molecular flexibility index (Phi) is 3.19. The Labute approximate surface area is 132 Å². The number of ether oxygens (including phenoxy) is 2. The van der Waals surface area contributed by atoms with Gasteiger partial charge in [-0.25, -0.2) is 9.80 Å². The maximum atomic E-state index is 12.2. The van der Waals surface area contributed by atoms with Crippen LogP contribution in [0.25, 0.3) is 0 Å². The summed E-state index contributed by atoms with van der Waals surface area (Å²) in [4.78, 5) is 13.3. The van der Waals surface area contributed by atoms with Crippen LogP contribution in [-0.2, 0) is 0 Å². The van der Waals surface area contributed by atoms with Crippen LogP contribution in [0.5, 0.6) is 11.5 Å². The summed E-state index contributed by atoms with van der Waals surface area (Å²) in [5.41, 5.74) is 0.905. The molecule has 1 aromatic carbocycles. The highest BCUT2D eigenvalue weighted by Crippen LogP contribution is 2.51. The highest BCUT2D eigenvalue weighted by molar-refractivity contribution is 7.99. The van der Waals surface area contributed by atoms with Gasteiger partial charge < -0.3 is 14.8 Å². The molecule has 0 radical (unpaired) electrons. The van der Waals surface area contributed by atoms with E-state index in [1.54, 1.807) is 23.7 Å². The molecule has 1 fully saturated rings. The summed E-state index contributed by atoms with van der Waals surface area (Å²) in [6.45, 7) is 3.38. The predicted octanol–water partition coefficient (Wildman–Crippen LogP) is 1.66. The minimum absolute atomic E-state index is 0.129. The van der Waals surface area contributed by atoms with Gasteiger partial charge in [-0.2, -0.15) is 0 Å². The molecule has 1 atom stereocenters. The van der Waals surface area contributed by atoms with Crippen molar-refractivity contribution >= 4 is 23.5 Å². The number of hydrogen-bond acceptors (Lipinski definition) is 5. The van der Waals surface area contributed by atoms with E-state index in [9.17, 15) is 4.79 Å². The van der Waals surface area contributed by atoms with Gasteiger partial charge in [-0.3, -0.25) is 5.01 Å². The molecule has 1 N–H and O–H groups in total. The number of carbonyl (C=O) groups is 1. The highest BCUT2D eigenvalue weighted by Gasteiger charge is 2.40. The molecule has 0 aliphatic carbocycles. The zero-order chi connectivity index (χ0) is 15.1. The Balaban J connectivity index is 1.77. The molecule has 0 spiro atoms. The topological polar surface area (TPSA) is 54.0 Å². The standard InChI is InChI=1S/C15H15N3O3S/c1-2-3-10-8-16-15(19)18(10)17-9-22-12-5-4-11-14(13(12)17)21-7-6-20-11/h4-5,10H,6-9H2,1H3,(H,16,19). The molecular formula is C15H15N3O3S. The van der Waals surface area contributed by atoms with Crippen molar-refractivity contribution in [2.75, 3.05) is 30.6 Å². The zero-order valence-electron chi connectivity index (χ0n) is 12.1. The minimum atomic E-state index is -0.163. The van der Waals surface area contributed by atoms with Crippen molar-refractivity contribution in [3.63, 3.8) is 0 Å². The van der Waals surface area contributed by atoms with Gasteiger partial charge in [0.2, 0.25) is 0 Å². The number of rotatable bonds is 1. The Morgan fingerprint density at radius 3 is 3.09 bits per heavy atom. The van der Waals surface area contributed by atoms with E-state index in [-0.39, 0.29) is 12.1 Å². The summed E-state index contributed by atoms with van der Waals surface area (Å²) in [6, 6.07) is 3.65. The SMILES string of the molecule is CC#CC1CNC(=O)N1N1CSc2ccc3c(c21)OCCO3. The van der Waals surface area contributed by atoms with Crippen molar-refractivity contribution in [2.24, 2.45) is 0 Å². The van der Waals surface area contributed by atoms with Crippen LogP contribution in [0.4, 0.5) is 10.5 Å². The molecule has 7 heteroatoms. The van der Waals surface area contributed by atoms with Gasteiger partial charge in [0.25, 0.3) is 0 Å². The molecular weight excluding hydrogens is 302 g/mol. The van der Waals surface area contributed by atoms with E-state index in [4.69, 9.17) is 9.47 Å². The normalized spacial score (nSPS) is 22.0. The number of carbonyl (C=O) groups excluding carboxylic acids is 1. The average Bonchev–Trinajstić information content (AvgIpc) is 3.11. The van der Waals surface area contributed by atoms with E-state index in [1.807, 2.05) is 17.1 Å². The molecule has 1 aromatic rings. The van der Waals surface area contributed by atoms with Crippen LogP contribution in [0, 0.1) is 11.8 Å². The Morgan fingerprint density at radius 1 is 1.36 bits per heavy atom. The second-order valence-electron chi connectivity index (χ2n) is 5.05. The molecule has 0 aromatic heterocycles. The van der Waals surface area contributed by atoms with Gasteiger partial charge in [-0.1, -0.05) is 17.7 Å². The van der Waals surface area contributed by atoms with Crippen molar-refractivity contribution in [1.29, 1.82) is 0 Å². The van der Waals surface area contributed by atoms with Crippen molar-refractivity contribution in [1.82, 2.24) is 10.3 Å². The van der Waals surface area contributed by atoms with E-state index in [1.165, 1.54) is 0 Å². The van der Waals surface area contributed by atoms with Gasteiger partial charge in [0.1, 0.15) is 24.9 Å². The third kappa shape index (κ3) is 1.95. The Morgan fingerprint density at radius 2 is 2.23 bits per heavy atom. The number of nitrogens with one attached hydrogen (secondary N) is 1. The van der Waals surface area contributed by atoms with E-state index in [0.717, 1.165) is 22.1 Å². The highest BCUT2D eigenvalue weighted by atomic mass is 32.2. The molecule has 4 rings (SSSR count). The third-order valence-corrected chi connectivity index (χ3v) is 4.78. The average molecular weight is 317 g/mol. The van der Waals surface area contributed by atoms with E-state index >= 15 is 0 Å². The first-order valence-electron chi connectivity index (χ1n) is 7.12. The van der Waals surface area contributed by atoms with Crippen LogP contribution < -0.4 is 19.8 Å². The monoisotopic (exact) mass is 317 g/mol. The lowest BCUT2D eigenvalue weighted by atomic mass is 10.2. The lowest BCUT2D eigenvalue weighted by Crippen LogP contribution is -2.47. The molecule has 22 heavy (non-hydrogen) atoms. The van der Waals surface area contributed by atoms with Crippen LogP contribution >= 0.6 is 11.8 Å². The minimum Gasteiger partial charge on any atom is -0.486 e. The summed E-state index contributed by atoms with van der Waals surface area (Å²) in [5, 5.41) is 6.49.